The quantitative estimate of drug-likeness (QED) is 0.681. The highest BCUT2D eigenvalue weighted by Crippen LogP contribution is 2.17. The normalized spacial score (nSPS) is 10.0. The van der Waals surface area contributed by atoms with E-state index in [4.69, 9.17) is 11.1 Å². The van der Waals surface area contributed by atoms with Crippen LogP contribution in [-0.2, 0) is 6.54 Å². The molecule has 0 aliphatic rings. The maximum Gasteiger partial charge on any atom is 0.131 e. The summed E-state index contributed by atoms with van der Waals surface area (Å²) < 4.78 is 26.3. The molecular formula is C14H11F2N3. The summed E-state index contributed by atoms with van der Waals surface area (Å²) in [7, 11) is 0. The van der Waals surface area contributed by atoms with E-state index in [2.05, 4.69) is 0 Å². The molecule has 0 atom stereocenters. The molecule has 0 spiro atoms. The van der Waals surface area contributed by atoms with E-state index in [1.807, 2.05) is 6.07 Å². The Morgan fingerprint density at radius 1 is 1.11 bits per heavy atom. The summed E-state index contributed by atoms with van der Waals surface area (Å²) in [4.78, 5) is 0. The fourth-order valence-electron chi connectivity index (χ4n) is 1.65. The molecule has 19 heavy (non-hydrogen) atoms. The van der Waals surface area contributed by atoms with Crippen LogP contribution in [0.15, 0.2) is 42.5 Å². The van der Waals surface area contributed by atoms with E-state index in [0.717, 1.165) is 6.07 Å². The molecule has 2 rings (SSSR count). The van der Waals surface area contributed by atoms with Crippen LogP contribution in [0.3, 0.4) is 0 Å². The van der Waals surface area contributed by atoms with Crippen molar-refractivity contribution in [3.8, 4) is 6.07 Å². The molecule has 0 aliphatic carbocycles. The minimum atomic E-state index is -0.635. The standard InChI is InChI=1S/C14H11F2N3/c15-12-4-3-11(14(16)7-12)9-19(18)13-5-1-10(8-17)2-6-13/h1-7H,9,18H2. The van der Waals surface area contributed by atoms with Crippen molar-refractivity contribution in [1.82, 2.24) is 0 Å². The van der Waals surface area contributed by atoms with Gasteiger partial charge in [0.15, 0.2) is 0 Å². The molecule has 0 heterocycles. The molecule has 0 aromatic heterocycles. The van der Waals surface area contributed by atoms with Crippen molar-refractivity contribution in [3.63, 3.8) is 0 Å². The van der Waals surface area contributed by atoms with E-state index in [0.29, 0.717) is 16.8 Å². The maximum atomic E-state index is 13.5. The summed E-state index contributed by atoms with van der Waals surface area (Å²) in [5.41, 5.74) is 1.46. The molecule has 0 saturated heterocycles. The Hall–Kier alpha value is -2.45. The first kappa shape index (κ1) is 13.0. The van der Waals surface area contributed by atoms with Crippen molar-refractivity contribution in [3.05, 3.63) is 65.2 Å². The summed E-state index contributed by atoms with van der Waals surface area (Å²) in [6.45, 7) is 0.109. The Morgan fingerprint density at radius 3 is 2.37 bits per heavy atom. The van der Waals surface area contributed by atoms with Gasteiger partial charge in [-0.2, -0.15) is 5.26 Å². The Labute approximate surface area is 109 Å². The van der Waals surface area contributed by atoms with Crippen LogP contribution in [0, 0.1) is 23.0 Å². The lowest BCUT2D eigenvalue weighted by molar-refractivity contribution is 0.569. The predicted octanol–water partition coefficient (Wildman–Crippen LogP) is 2.72. The Bertz CT molecular complexity index is 618. The molecule has 0 amide bonds. The summed E-state index contributed by atoms with van der Waals surface area (Å²) >= 11 is 0. The number of nitrogens with two attached hydrogens (primary N) is 1. The molecule has 0 fully saturated rings. The van der Waals surface area contributed by atoms with Crippen molar-refractivity contribution in [1.29, 1.82) is 5.26 Å². The van der Waals surface area contributed by atoms with Gasteiger partial charge in [0.05, 0.1) is 23.9 Å². The van der Waals surface area contributed by atoms with Crippen molar-refractivity contribution in [2.24, 2.45) is 5.84 Å². The lowest BCUT2D eigenvalue weighted by Crippen LogP contribution is -2.30. The number of hydrazine groups is 1. The maximum absolute atomic E-state index is 13.5. The van der Waals surface area contributed by atoms with Gasteiger partial charge in [0.1, 0.15) is 11.6 Å². The average Bonchev–Trinajstić information content (AvgIpc) is 2.42. The first-order chi connectivity index (χ1) is 9.10. The van der Waals surface area contributed by atoms with E-state index in [1.54, 1.807) is 24.3 Å². The third-order valence-corrected chi connectivity index (χ3v) is 2.68. The number of hydrogen-bond acceptors (Lipinski definition) is 3. The van der Waals surface area contributed by atoms with Crippen LogP contribution in [0.25, 0.3) is 0 Å². The zero-order chi connectivity index (χ0) is 13.8. The van der Waals surface area contributed by atoms with Gasteiger partial charge < -0.3 is 5.01 Å². The van der Waals surface area contributed by atoms with Crippen LogP contribution in [0.1, 0.15) is 11.1 Å². The first-order valence-corrected chi connectivity index (χ1v) is 5.56. The van der Waals surface area contributed by atoms with Gasteiger partial charge >= 0.3 is 0 Å². The molecular weight excluding hydrogens is 248 g/mol. The smallest absolute Gasteiger partial charge is 0.131 e. The number of hydrogen-bond donors (Lipinski definition) is 1. The van der Waals surface area contributed by atoms with E-state index in [9.17, 15) is 8.78 Å². The molecule has 0 aliphatic heterocycles. The van der Waals surface area contributed by atoms with Gasteiger partial charge in [-0.25, -0.2) is 14.6 Å². The molecule has 0 saturated carbocycles. The summed E-state index contributed by atoms with van der Waals surface area (Å²) in [6, 6.07) is 11.9. The van der Waals surface area contributed by atoms with Crippen LogP contribution in [0.5, 0.6) is 0 Å². The van der Waals surface area contributed by atoms with Gasteiger partial charge in [-0.15, -0.1) is 0 Å². The molecule has 96 valence electrons. The largest absolute Gasteiger partial charge is 0.307 e. The van der Waals surface area contributed by atoms with Gasteiger partial charge in [0, 0.05) is 11.6 Å². The number of benzene rings is 2. The second kappa shape index (κ2) is 5.46. The third kappa shape index (κ3) is 3.06. The Balaban J connectivity index is 2.16. The minimum Gasteiger partial charge on any atom is -0.307 e. The van der Waals surface area contributed by atoms with Gasteiger partial charge in [-0.05, 0) is 30.3 Å². The van der Waals surface area contributed by atoms with Crippen molar-refractivity contribution in [2.75, 3.05) is 5.01 Å². The molecule has 2 aromatic carbocycles. The highest BCUT2D eigenvalue weighted by molar-refractivity contribution is 5.48. The molecule has 0 radical (unpaired) electrons. The fraction of sp³-hybridized carbons (Fsp3) is 0.0714. The Morgan fingerprint density at radius 2 is 1.79 bits per heavy atom. The highest BCUT2D eigenvalue weighted by Gasteiger charge is 2.08. The van der Waals surface area contributed by atoms with E-state index in [1.165, 1.54) is 17.1 Å². The number of halogens is 2. The third-order valence-electron chi connectivity index (χ3n) is 2.68. The number of nitrogens with zero attached hydrogens (tertiary/aromatic N) is 2. The lowest BCUT2D eigenvalue weighted by atomic mass is 10.2. The van der Waals surface area contributed by atoms with E-state index >= 15 is 0 Å². The predicted molar refractivity (Wildman–Crippen MR) is 67.9 cm³/mol. The van der Waals surface area contributed by atoms with Gasteiger partial charge in [-0.3, -0.25) is 0 Å². The van der Waals surface area contributed by atoms with Gasteiger partial charge in [-0.1, -0.05) is 6.07 Å². The molecule has 2 N–H and O–H groups in total. The van der Waals surface area contributed by atoms with Crippen molar-refractivity contribution >= 4 is 5.69 Å². The van der Waals surface area contributed by atoms with Crippen LogP contribution in [0.2, 0.25) is 0 Å². The Kier molecular flexibility index (Phi) is 3.74. The first-order valence-electron chi connectivity index (χ1n) is 5.56. The molecule has 0 bridgehead atoms. The van der Waals surface area contributed by atoms with E-state index < -0.39 is 11.6 Å². The van der Waals surface area contributed by atoms with Crippen LogP contribution < -0.4 is 10.9 Å². The second-order valence-electron chi connectivity index (χ2n) is 4.02. The van der Waals surface area contributed by atoms with Crippen LogP contribution >= 0.6 is 0 Å². The lowest BCUT2D eigenvalue weighted by Gasteiger charge is -2.19. The number of rotatable bonds is 3. The summed E-state index contributed by atoms with van der Waals surface area (Å²) in [6.07, 6.45) is 0. The van der Waals surface area contributed by atoms with Crippen LogP contribution in [0.4, 0.5) is 14.5 Å². The molecule has 0 unspecified atom stereocenters. The fourth-order valence-corrected chi connectivity index (χ4v) is 1.65. The topological polar surface area (TPSA) is 53.0 Å². The number of anilines is 1. The molecule has 3 nitrogen and oxygen atoms in total. The van der Waals surface area contributed by atoms with E-state index in [-0.39, 0.29) is 6.54 Å². The molecule has 5 heteroatoms. The zero-order valence-electron chi connectivity index (χ0n) is 9.98. The monoisotopic (exact) mass is 259 g/mol. The summed E-state index contributed by atoms with van der Waals surface area (Å²) in [5, 5.41) is 10.0. The summed E-state index contributed by atoms with van der Waals surface area (Å²) in [5.74, 6) is 4.56. The second-order valence-corrected chi connectivity index (χ2v) is 4.02. The zero-order valence-corrected chi connectivity index (χ0v) is 9.98. The van der Waals surface area contributed by atoms with Crippen molar-refractivity contribution in [2.45, 2.75) is 6.54 Å². The van der Waals surface area contributed by atoms with Gasteiger partial charge in [0.25, 0.3) is 0 Å². The average molecular weight is 259 g/mol. The highest BCUT2D eigenvalue weighted by atomic mass is 19.1. The SMILES string of the molecule is N#Cc1ccc(N(N)Cc2ccc(F)cc2F)cc1. The minimum absolute atomic E-state index is 0.109. The van der Waals surface area contributed by atoms with Crippen LogP contribution in [-0.4, -0.2) is 0 Å². The number of nitriles is 1. The van der Waals surface area contributed by atoms with Gasteiger partial charge in [0.2, 0.25) is 0 Å². The van der Waals surface area contributed by atoms with Crippen molar-refractivity contribution < 1.29 is 8.78 Å². The molecule has 2 aromatic rings.